The van der Waals surface area contributed by atoms with Crippen LogP contribution in [0.4, 0.5) is 22.0 Å². The smallest absolute Gasteiger partial charge is 0.383 e. The van der Waals surface area contributed by atoms with E-state index < -0.39 is 156 Å². The highest BCUT2D eigenvalue weighted by Gasteiger charge is 2.31. The minimum atomic E-state index is -4.70. The number of nitrogens with zero attached hydrogens (tertiary/aromatic N) is 3. The molecule has 1 aliphatic rings. The van der Waals surface area contributed by atoms with E-state index in [0.717, 1.165) is 55.5 Å². The number of hydrogen-bond donors (Lipinski definition) is 0. The number of alkyl halides is 3. The molecule has 12 heteroatoms. The monoisotopic (exact) mass is 769 g/mol. The van der Waals surface area contributed by atoms with Crippen LogP contribution in [0.15, 0.2) is 101 Å². The molecule has 5 aromatic rings. The lowest BCUT2D eigenvalue weighted by molar-refractivity contribution is -0.137. The number of pyridine rings is 1. The maximum Gasteiger partial charge on any atom is 0.416 e. The number of aromatic nitrogens is 1. The zero-order valence-electron chi connectivity index (χ0n) is 47.3. The number of benzene rings is 4. The van der Waals surface area contributed by atoms with Crippen LogP contribution < -0.4 is 5.43 Å². The summed E-state index contributed by atoms with van der Waals surface area (Å²) in [6.07, 6.45) is -13.5. The average molecular weight is 770 g/mol. The lowest BCUT2D eigenvalue weighted by Crippen LogP contribution is -2.48. The predicted octanol–water partition coefficient (Wildman–Crippen LogP) is 8.71. The summed E-state index contributed by atoms with van der Waals surface area (Å²) in [6.45, 7) is -15.8. The Bertz CT molecular complexity index is 3020. The Kier molecular flexibility index (Phi) is 6.36. The molecule has 0 radical (unpaired) electrons. The van der Waals surface area contributed by atoms with Gasteiger partial charge >= 0.3 is 6.18 Å². The Morgan fingerprint density at radius 3 is 2.43 bits per heavy atom. The van der Waals surface area contributed by atoms with Gasteiger partial charge in [0.15, 0.2) is 17.1 Å². The molecule has 0 N–H and O–H groups in total. The molecule has 1 saturated heterocycles. The van der Waals surface area contributed by atoms with Gasteiger partial charge in [-0.15, -0.1) is 11.8 Å². The van der Waals surface area contributed by atoms with Crippen LogP contribution in [0, 0.1) is 18.6 Å². The number of hydrogen-bond acceptors (Lipinski definition) is 5. The van der Waals surface area contributed by atoms with Crippen LogP contribution in [0.25, 0.3) is 22.0 Å². The molecule has 1 aliphatic heterocycles. The summed E-state index contributed by atoms with van der Waals surface area (Å²) < 4.78 is 249. The molecule has 0 aliphatic carbocycles. The third kappa shape index (κ3) is 9.17. The molecule has 53 heavy (non-hydrogen) atoms. The van der Waals surface area contributed by atoms with Gasteiger partial charge in [-0.2, -0.15) is 13.2 Å². The molecule has 1 aromatic heterocycles. The van der Waals surface area contributed by atoms with E-state index >= 15 is 9.18 Å². The van der Waals surface area contributed by atoms with Crippen molar-refractivity contribution in [1.29, 1.82) is 0 Å². The van der Waals surface area contributed by atoms with Gasteiger partial charge in [0.2, 0.25) is 5.91 Å². The van der Waals surface area contributed by atoms with Gasteiger partial charge in [-0.05, 0) is 66.6 Å². The van der Waals surface area contributed by atoms with Crippen molar-refractivity contribution >= 4 is 28.6 Å². The molecule has 1 fully saturated rings. The summed E-state index contributed by atoms with van der Waals surface area (Å²) in [4.78, 5) is 28.7. The number of carbonyl (C=O) groups excluding carboxylic acids is 1. The number of thioether (sulfide) groups is 1. The highest BCUT2D eigenvalue weighted by atomic mass is 32.2. The van der Waals surface area contributed by atoms with Crippen molar-refractivity contribution in [3.05, 3.63) is 135 Å². The summed E-state index contributed by atoms with van der Waals surface area (Å²) in [5, 5.41) is -1.85. The van der Waals surface area contributed by atoms with Crippen LogP contribution >= 0.6 is 11.8 Å². The molecule has 2 heterocycles. The summed E-state index contributed by atoms with van der Waals surface area (Å²) >= 11 is -0.221. The highest BCUT2D eigenvalue weighted by molar-refractivity contribution is 7.98. The van der Waals surface area contributed by atoms with Gasteiger partial charge in [-0.25, -0.2) is 8.78 Å². The van der Waals surface area contributed by atoms with Gasteiger partial charge in [-0.3, -0.25) is 9.59 Å². The number of piperidine rings is 1. The summed E-state index contributed by atoms with van der Waals surface area (Å²) in [5.74, 6) is -5.09. The van der Waals surface area contributed by atoms with Crippen molar-refractivity contribution in [2.45, 2.75) is 55.7 Å². The molecule has 0 unspecified atom stereocenters. The Labute approximate surface area is 337 Å². The van der Waals surface area contributed by atoms with E-state index in [2.05, 4.69) is 4.74 Å². The Hall–Kier alpha value is -4.52. The number of likely N-dealkylation sites (tertiary alicyclic amines) is 1. The van der Waals surface area contributed by atoms with Crippen LogP contribution in [-0.4, -0.2) is 59.4 Å². The van der Waals surface area contributed by atoms with Crippen LogP contribution in [0.5, 0.6) is 0 Å². The second-order valence-electron chi connectivity index (χ2n) is 11.2. The van der Waals surface area contributed by atoms with E-state index in [1.165, 1.54) is 12.1 Å². The highest BCUT2D eigenvalue weighted by Crippen LogP contribution is 2.32. The van der Waals surface area contributed by atoms with E-state index in [9.17, 15) is 29.2 Å². The van der Waals surface area contributed by atoms with Crippen LogP contribution in [0.1, 0.15) is 62.4 Å². The lowest BCUT2D eigenvalue weighted by Gasteiger charge is -2.39. The van der Waals surface area contributed by atoms with Crippen LogP contribution in [0.3, 0.4) is 0 Å². The van der Waals surface area contributed by atoms with Crippen molar-refractivity contribution < 1.29 is 58.9 Å². The zero-order valence-corrected chi connectivity index (χ0v) is 28.2. The molecule has 4 aromatic carbocycles. The Morgan fingerprint density at radius 1 is 1.06 bits per heavy atom. The first-order valence-corrected chi connectivity index (χ1v) is 16.2. The molecule has 0 saturated carbocycles. The third-order valence-corrected chi connectivity index (χ3v) is 8.50. The standard InChI is InChI=1S/C41H40F5N3O3S/c1-27-6-15-36-34(22-27)37(50)23-39(53-26-31-4-3-5-35(42)40(31)43)49(36)25-38(51)48(33-16-18-47(19-17-33)20-21-52-2)24-28-7-9-29(10-8-28)30-11-13-32(14-12-30)41(44,45)46/h3-15,22-23,33H,16-21,24-26H2,1-2H3/i2D3,6D,15D,16D2,17D2,18D2,19D2,20D2,22D,23D,26D2,33D. The summed E-state index contributed by atoms with van der Waals surface area (Å²) in [6, 6.07) is 2.82. The molecule has 0 atom stereocenters. The fourth-order valence-electron chi connectivity index (χ4n) is 5.04. The van der Waals surface area contributed by atoms with Gasteiger partial charge in [0.1, 0.15) is 6.54 Å². The quantitative estimate of drug-likeness (QED) is 0.0940. The molecule has 278 valence electrons. The Balaban J connectivity index is 1.63. The van der Waals surface area contributed by atoms with Crippen molar-refractivity contribution in [3.8, 4) is 11.1 Å². The molecule has 6 nitrogen and oxygen atoms in total. The first kappa shape index (κ1) is 20.2. The maximum absolute atomic E-state index is 15.4. The minimum Gasteiger partial charge on any atom is -0.383 e. The first-order valence-electron chi connectivity index (χ1n) is 25.4. The van der Waals surface area contributed by atoms with E-state index in [1.807, 2.05) is 0 Å². The molecular weight excluding hydrogens is 710 g/mol. The topological polar surface area (TPSA) is 54.8 Å². The number of halogens is 5. The summed E-state index contributed by atoms with van der Waals surface area (Å²) in [5.41, 5.74) is -7.61. The maximum atomic E-state index is 15.4. The van der Waals surface area contributed by atoms with E-state index in [0.29, 0.717) is 10.6 Å². The molecular formula is C41H40F5N3O3S. The van der Waals surface area contributed by atoms with E-state index in [1.54, 1.807) is 0 Å². The fraction of sp³-hybridized carbons (Fsp3) is 0.317. The van der Waals surface area contributed by atoms with Gasteiger partial charge in [0.25, 0.3) is 0 Å². The third-order valence-electron chi connectivity index (χ3n) is 7.66. The average Bonchev–Trinajstić information content (AvgIpc) is 3.27. The van der Waals surface area contributed by atoms with Gasteiger partial charge in [0.05, 0.1) is 33.7 Å². The number of methoxy groups -OCH3 is 1. The number of amides is 1. The van der Waals surface area contributed by atoms with Crippen LogP contribution in [-0.2, 0) is 34.5 Å². The van der Waals surface area contributed by atoms with Crippen molar-refractivity contribution in [3.63, 3.8) is 0 Å². The largest absolute Gasteiger partial charge is 0.416 e. The zero-order chi connectivity index (χ0) is 55.4. The van der Waals surface area contributed by atoms with Crippen molar-refractivity contribution in [2.24, 2.45) is 0 Å². The molecule has 1 amide bonds. The van der Waals surface area contributed by atoms with Gasteiger partial charge in [-0.1, -0.05) is 60.1 Å². The number of ether oxygens (including phenoxy) is 1. The first-order chi connectivity index (χ1) is 33.1. The van der Waals surface area contributed by atoms with Gasteiger partial charge < -0.3 is 19.1 Å². The molecule has 6 rings (SSSR count). The van der Waals surface area contributed by atoms with Crippen LogP contribution in [0.2, 0.25) is 0 Å². The second-order valence-corrected chi connectivity index (χ2v) is 12.0. The van der Waals surface area contributed by atoms with Crippen molar-refractivity contribution in [2.75, 3.05) is 33.1 Å². The van der Waals surface area contributed by atoms with E-state index in [-0.39, 0.29) is 38.9 Å². The SMILES string of the molecule is [2H]c1c(C)c([2H])c2c(=O)c([2H])c(SC([2H])([2H])c3cccc(F)c3F)n(CC(=O)N(Cc3ccc(-c4ccc(C(F)(F)F)cc4)cc3)C3([2H])C([2H])([2H])C([2H])([2H])N(C([2H])([2H])COC([2H])([2H])[2H])C([2H])([2H])C3([2H])[2H])c2c1[2H]. The van der Waals surface area contributed by atoms with E-state index in [4.69, 9.17) is 20.6 Å². The summed E-state index contributed by atoms with van der Waals surface area (Å²) in [7, 11) is -3.42. The molecule has 0 spiro atoms. The number of carbonyl (C=O) groups is 1. The van der Waals surface area contributed by atoms with Gasteiger partial charge in [0, 0.05) is 78.2 Å². The fourth-order valence-corrected chi connectivity index (χ4v) is 5.82. The Morgan fingerprint density at radius 2 is 1.75 bits per heavy atom. The number of rotatable bonds is 12. The second kappa shape index (κ2) is 16.7. The predicted molar refractivity (Wildman–Crippen MR) is 198 cm³/mol. The lowest BCUT2D eigenvalue weighted by atomic mass is 10.00. The molecule has 0 bridgehead atoms. The minimum absolute atomic E-state index is 0.0500. The normalized spacial score (nSPS) is 24.9. The van der Waals surface area contributed by atoms with Crippen molar-refractivity contribution in [1.82, 2.24) is 14.4 Å². The number of fused-ring (bicyclic) bond motifs is 1.